The van der Waals surface area contributed by atoms with Crippen molar-refractivity contribution in [3.8, 4) is 0 Å². The summed E-state index contributed by atoms with van der Waals surface area (Å²) in [7, 11) is 0. The summed E-state index contributed by atoms with van der Waals surface area (Å²) in [4.78, 5) is 14.2. The third kappa shape index (κ3) is 1.97. The predicted molar refractivity (Wildman–Crippen MR) is 64.9 cm³/mol. The molecule has 2 rings (SSSR count). The van der Waals surface area contributed by atoms with E-state index >= 15 is 0 Å². The molecule has 0 aromatic heterocycles. The highest BCUT2D eigenvalue weighted by Crippen LogP contribution is 2.33. The lowest BCUT2D eigenvalue weighted by atomic mass is 9.96. The lowest BCUT2D eigenvalue weighted by molar-refractivity contribution is -0.132. The van der Waals surface area contributed by atoms with E-state index in [0.29, 0.717) is 5.91 Å². The standard InChI is InChI=1S/C13H24N2O/c1-4-13(3)12(16)15(9-14-13)8-11-7-5-6-10(11)2/h10-11,14H,4-9H2,1-3H3. The molecule has 0 bridgehead atoms. The minimum absolute atomic E-state index is 0.300. The normalized spacial score (nSPS) is 39.7. The van der Waals surface area contributed by atoms with E-state index in [4.69, 9.17) is 0 Å². The highest BCUT2D eigenvalue weighted by Gasteiger charge is 2.41. The maximum Gasteiger partial charge on any atom is 0.243 e. The molecular formula is C13H24N2O. The van der Waals surface area contributed by atoms with Gasteiger partial charge in [-0.3, -0.25) is 10.1 Å². The lowest BCUT2D eigenvalue weighted by Gasteiger charge is -2.25. The third-order valence-corrected chi connectivity index (χ3v) is 4.62. The van der Waals surface area contributed by atoms with Gasteiger partial charge in [-0.1, -0.05) is 26.7 Å². The van der Waals surface area contributed by atoms with Gasteiger partial charge < -0.3 is 4.90 Å². The second-order valence-electron chi connectivity index (χ2n) is 5.72. The van der Waals surface area contributed by atoms with E-state index in [1.54, 1.807) is 0 Å². The highest BCUT2D eigenvalue weighted by molar-refractivity contribution is 5.87. The van der Waals surface area contributed by atoms with E-state index in [2.05, 4.69) is 19.2 Å². The van der Waals surface area contributed by atoms with Crippen LogP contribution in [0.4, 0.5) is 0 Å². The van der Waals surface area contributed by atoms with Crippen molar-refractivity contribution in [2.24, 2.45) is 11.8 Å². The van der Waals surface area contributed by atoms with Gasteiger partial charge in [0.05, 0.1) is 12.2 Å². The SMILES string of the molecule is CCC1(C)NCN(CC2CCCC2C)C1=O. The van der Waals surface area contributed by atoms with Gasteiger partial charge in [-0.15, -0.1) is 0 Å². The molecule has 3 atom stereocenters. The van der Waals surface area contributed by atoms with Crippen LogP contribution >= 0.6 is 0 Å². The third-order valence-electron chi connectivity index (χ3n) is 4.62. The summed E-state index contributed by atoms with van der Waals surface area (Å²) in [5.74, 6) is 1.82. The maximum atomic E-state index is 12.2. The lowest BCUT2D eigenvalue weighted by Crippen LogP contribution is -2.43. The maximum absolute atomic E-state index is 12.2. The number of carbonyl (C=O) groups excluding carboxylic acids is 1. The summed E-state index contributed by atoms with van der Waals surface area (Å²) < 4.78 is 0. The summed E-state index contributed by atoms with van der Waals surface area (Å²) in [5, 5.41) is 3.35. The highest BCUT2D eigenvalue weighted by atomic mass is 16.2. The molecule has 0 aromatic rings. The molecule has 2 aliphatic rings. The quantitative estimate of drug-likeness (QED) is 0.795. The first-order valence-electron chi connectivity index (χ1n) is 6.61. The van der Waals surface area contributed by atoms with Gasteiger partial charge in [0.25, 0.3) is 0 Å². The van der Waals surface area contributed by atoms with Crippen LogP contribution in [0.25, 0.3) is 0 Å². The Morgan fingerprint density at radius 3 is 2.75 bits per heavy atom. The zero-order valence-electron chi connectivity index (χ0n) is 10.8. The van der Waals surface area contributed by atoms with E-state index in [1.807, 2.05) is 11.8 Å². The molecule has 0 radical (unpaired) electrons. The second kappa shape index (κ2) is 4.36. The van der Waals surface area contributed by atoms with Crippen LogP contribution in [0, 0.1) is 11.8 Å². The van der Waals surface area contributed by atoms with Crippen LogP contribution in [0.15, 0.2) is 0 Å². The van der Waals surface area contributed by atoms with Gasteiger partial charge >= 0.3 is 0 Å². The van der Waals surface area contributed by atoms with Crippen LogP contribution in [0.3, 0.4) is 0 Å². The fraction of sp³-hybridized carbons (Fsp3) is 0.923. The molecular weight excluding hydrogens is 200 g/mol. The van der Waals surface area contributed by atoms with Crippen molar-refractivity contribution in [2.75, 3.05) is 13.2 Å². The van der Waals surface area contributed by atoms with Gasteiger partial charge in [0.2, 0.25) is 5.91 Å². The Morgan fingerprint density at radius 2 is 2.25 bits per heavy atom. The molecule has 1 aliphatic carbocycles. The van der Waals surface area contributed by atoms with E-state index in [9.17, 15) is 4.79 Å². The molecule has 3 heteroatoms. The van der Waals surface area contributed by atoms with Gasteiger partial charge in [0, 0.05) is 6.54 Å². The van der Waals surface area contributed by atoms with Crippen molar-refractivity contribution in [3.63, 3.8) is 0 Å². The Morgan fingerprint density at radius 1 is 1.50 bits per heavy atom. The van der Waals surface area contributed by atoms with Crippen LogP contribution in [0.2, 0.25) is 0 Å². The summed E-state index contributed by atoms with van der Waals surface area (Å²) in [6, 6.07) is 0. The van der Waals surface area contributed by atoms with Crippen molar-refractivity contribution in [2.45, 2.75) is 52.0 Å². The van der Waals surface area contributed by atoms with Crippen LogP contribution in [0.1, 0.15) is 46.5 Å². The van der Waals surface area contributed by atoms with Gasteiger partial charge in [-0.05, 0) is 31.6 Å². The van der Waals surface area contributed by atoms with Crippen molar-refractivity contribution in [1.29, 1.82) is 0 Å². The molecule has 1 N–H and O–H groups in total. The fourth-order valence-corrected chi connectivity index (χ4v) is 2.97. The Bertz CT molecular complexity index is 279. The number of carbonyl (C=O) groups is 1. The summed E-state index contributed by atoms with van der Waals surface area (Å²) in [6.07, 6.45) is 4.86. The Labute approximate surface area is 98.6 Å². The average molecular weight is 224 g/mol. The molecule has 3 unspecified atom stereocenters. The molecule has 2 fully saturated rings. The van der Waals surface area contributed by atoms with Gasteiger partial charge in [0.15, 0.2) is 0 Å². The van der Waals surface area contributed by atoms with Crippen LogP contribution in [-0.2, 0) is 4.79 Å². The molecule has 1 saturated carbocycles. The zero-order valence-corrected chi connectivity index (χ0v) is 10.8. The van der Waals surface area contributed by atoms with Crippen molar-refractivity contribution >= 4 is 5.91 Å². The molecule has 1 aliphatic heterocycles. The van der Waals surface area contributed by atoms with E-state index in [1.165, 1.54) is 19.3 Å². The topological polar surface area (TPSA) is 32.3 Å². The van der Waals surface area contributed by atoms with Gasteiger partial charge in [-0.2, -0.15) is 0 Å². The number of nitrogens with one attached hydrogen (secondary N) is 1. The Hall–Kier alpha value is -0.570. The molecule has 1 heterocycles. The number of amides is 1. The zero-order chi connectivity index (χ0) is 11.8. The second-order valence-corrected chi connectivity index (χ2v) is 5.72. The molecule has 16 heavy (non-hydrogen) atoms. The molecule has 0 spiro atoms. The minimum atomic E-state index is -0.304. The van der Waals surface area contributed by atoms with Crippen LogP contribution < -0.4 is 5.32 Å². The van der Waals surface area contributed by atoms with Crippen LogP contribution in [0.5, 0.6) is 0 Å². The Kier molecular flexibility index (Phi) is 3.24. The first-order valence-corrected chi connectivity index (χ1v) is 6.61. The number of rotatable bonds is 3. The van der Waals surface area contributed by atoms with Crippen molar-refractivity contribution < 1.29 is 4.79 Å². The largest absolute Gasteiger partial charge is 0.328 e. The van der Waals surface area contributed by atoms with E-state index < -0.39 is 0 Å². The Balaban J connectivity index is 1.95. The number of hydrogen-bond donors (Lipinski definition) is 1. The van der Waals surface area contributed by atoms with E-state index in [-0.39, 0.29) is 5.54 Å². The van der Waals surface area contributed by atoms with E-state index in [0.717, 1.165) is 31.5 Å². The summed E-state index contributed by atoms with van der Waals surface area (Å²) >= 11 is 0. The molecule has 3 nitrogen and oxygen atoms in total. The number of hydrogen-bond acceptors (Lipinski definition) is 2. The molecule has 92 valence electrons. The summed E-state index contributed by atoms with van der Waals surface area (Å²) in [5.41, 5.74) is -0.304. The monoisotopic (exact) mass is 224 g/mol. The minimum Gasteiger partial charge on any atom is -0.328 e. The first-order chi connectivity index (χ1) is 7.57. The van der Waals surface area contributed by atoms with Crippen molar-refractivity contribution in [3.05, 3.63) is 0 Å². The summed E-state index contributed by atoms with van der Waals surface area (Å²) in [6.45, 7) is 8.12. The molecule has 0 aromatic carbocycles. The smallest absolute Gasteiger partial charge is 0.243 e. The number of nitrogens with zero attached hydrogens (tertiary/aromatic N) is 1. The molecule has 1 saturated heterocycles. The van der Waals surface area contributed by atoms with Crippen LogP contribution in [-0.4, -0.2) is 29.6 Å². The fourth-order valence-electron chi connectivity index (χ4n) is 2.97. The average Bonchev–Trinajstić information content (AvgIpc) is 2.79. The van der Waals surface area contributed by atoms with Gasteiger partial charge in [0.1, 0.15) is 0 Å². The van der Waals surface area contributed by atoms with Gasteiger partial charge in [-0.25, -0.2) is 0 Å². The molecule has 1 amide bonds. The van der Waals surface area contributed by atoms with Crippen molar-refractivity contribution in [1.82, 2.24) is 10.2 Å². The predicted octanol–water partition coefficient (Wildman–Crippen LogP) is 1.98. The first kappa shape index (κ1) is 11.9.